The van der Waals surface area contributed by atoms with Crippen molar-refractivity contribution < 1.29 is 4.39 Å². The van der Waals surface area contributed by atoms with E-state index in [1.807, 2.05) is 27.7 Å². The molecule has 0 fully saturated rings. The van der Waals surface area contributed by atoms with Crippen molar-refractivity contribution in [2.75, 3.05) is 5.73 Å². The van der Waals surface area contributed by atoms with Crippen molar-refractivity contribution in [1.82, 2.24) is 4.98 Å². The molecule has 1 aromatic rings. The molecule has 78 valence electrons. The lowest BCUT2D eigenvalue weighted by Gasteiger charge is -2.13. The number of halogens is 1. The van der Waals surface area contributed by atoms with E-state index in [1.165, 1.54) is 6.07 Å². The van der Waals surface area contributed by atoms with Crippen LogP contribution in [0.1, 0.15) is 50.8 Å². The van der Waals surface area contributed by atoms with Gasteiger partial charge >= 0.3 is 0 Å². The summed E-state index contributed by atoms with van der Waals surface area (Å²) in [7, 11) is 0. The fourth-order valence-electron chi connectivity index (χ4n) is 1.40. The molecule has 1 rings (SSSR count). The van der Waals surface area contributed by atoms with Crippen LogP contribution in [0, 0.1) is 5.82 Å². The number of aromatic nitrogens is 1. The summed E-state index contributed by atoms with van der Waals surface area (Å²) in [5.41, 5.74) is 6.99. The molecule has 0 aromatic carbocycles. The monoisotopic (exact) mass is 196 g/mol. The zero-order chi connectivity index (χ0) is 10.9. The maximum atomic E-state index is 13.5. The third-order valence-corrected chi connectivity index (χ3v) is 2.23. The fraction of sp³-hybridized carbons (Fsp3) is 0.545. The predicted octanol–water partition coefficient (Wildman–Crippen LogP) is 3.05. The van der Waals surface area contributed by atoms with E-state index in [1.54, 1.807) is 0 Å². The third kappa shape index (κ3) is 2.03. The molecule has 0 spiro atoms. The number of anilines is 1. The number of rotatable bonds is 2. The summed E-state index contributed by atoms with van der Waals surface area (Å²) in [6.07, 6.45) is 0. The van der Waals surface area contributed by atoms with Gasteiger partial charge in [-0.05, 0) is 23.5 Å². The first-order valence-corrected chi connectivity index (χ1v) is 4.89. The smallest absolute Gasteiger partial charge is 0.145 e. The van der Waals surface area contributed by atoms with E-state index < -0.39 is 0 Å². The van der Waals surface area contributed by atoms with E-state index in [0.29, 0.717) is 11.5 Å². The Hall–Kier alpha value is -1.12. The normalized spacial score (nSPS) is 11.4. The van der Waals surface area contributed by atoms with Gasteiger partial charge in [-0.2, -0.15) is 0 Å². The molecule has 0 radical (unpaired) electrons. The second-order valence-electron chi connectivity index (χ2n) is 4.14. The van der Waals surface area contributed by atoms with Crippen LogP contribution in [0.2, 0.25) is 0 Å². The zero-order valence-electron chi connectivity index (χ0n) is 9.13. The highest BCUT2D eigenvalue weighted by atomic mass is 19.1. The summed E-state index contributed by atoms with van der Waals surface area (Å²) in [6, 6.07) is 1.50. The minimum Gasteiger partial charge on any atom is -0.383 e. The number of hydrogen-bond acceptors (Lipinski definition) is 2. The summed E-state index contributed by atoms with van der Waals surface area (Å²) in [6.45, 7) is 7.75. The molecule has 1 heterocycles. The quantitative estimate of drug-likeness (QED) is 0.789. The van der Waals surface area contributed by atoms with Crippen LogP contribution in [0.25, 0.3) is 0 Å². The van der Waals surface area contributed by atoms with Gasteiger partial charge in [0, 0.05) is 0 Å². The second kappa shape index (κ2) is 3.95. The summed E-state index contributed by atoms with van der Waals surface area (Å²) in [5, 5.41) is 0. The fourth-order valence-corrected chi connectivity index (χ4v) is 1.40. The van der Waals surface area contributed by atoms with Crippen LogP contribution in [0.4, 0.5) is 10.2 Å². The first-order valence-electron chi connectivity index (χ1n) is 4.89. The van der Waals surface area contributed by atoms with Gasteiger partial charge in [0.25, 0.3) is 0 Å². The van der Waals surface area contributed by atoms with Crippen LogP contribution in [0.3, 0.4) is 0 Å². The van der Waals surface area contributed by atoms with Gasteiger partial charge in [0.15, 0.2) is 0 Å². The van der Waals surface area contributed by atoms with Crippen molar-refractivity contribution in [2.24, 2.45) is 0 Å². The van der Waals surface area contributed by atoms with E-state index in [-0.39, 0.29) is 17.7 Å². The lowest BCUT2D eigenvalue weighted by Crippen LogP contribution is -2.06. The van der Waals surface area contributed by atoms with Crippen LogP contribution in [-0.4, -0.2) is 4.98 Å². The van der Waals surface area contributed by atoms with Crippen molar-refractivity contribution in [3.63, 3.8) is 0 Å². The average molecular weight is 196 g/mol. The molecule has 0 atom stereocenters. The van der Waals surface area contributed by atoms with Crippen LogP contribution < -0.4 is 5.73 Å². The number of pyridine rings is 1. The van der Waals surface area contributed by atoms with E-state index >= 15 is 0 Å². The van der Waals surface area contributed by atoms with Gasteiger partial charge in [-0.25, -0.2) is 9.37 Å². The first kappa shape index (κ1) is 11.0. The van der Waals surface area contributed by atoms with Gasteiger partial charge in [-0.1, -0.05) is 27.7 Å². The molecular weight excluding hydrogens is 179 g/mol. The van der Waals surface area contributed by atoms with Gasteiger partial charge in [0.05, 0.1) is 5.69 Å². The van der Waals surface area contributed by atoms with Crippen LogP contribution in [0.15, 0.2) is 6.07 Å². The lowest BCUT2D eigenvalue weighted by atomic mass is 10.0. The highest BCUT2D eigenvalue weighted by Crippen LogP contribution is 2.25. The van der Waals surface area contributed by atoms with Crippen LogP contribution >= 0.6 is 0 Å². The number of nitrogens with two attached hydrogens (primary N) is 1. The SMILES string of the molecule is CC(C)c1cc(F)c(C(C)C)nc1N. The zero-order valence-corrected chi connectivity index (χ0v) is 9.13. The Kier molecular flexibility index (Phi) is 3.09. The van der Waals surface area contributed by atoms with Crippen molar-refractivity contribution in [3.05, 3.63) is 23.1 Å². The molecule has 1 aromatic heterocycles. The summed E-state index contributed by atoms with van der Waals surface area (Å²) in [4.78, 5) is 4.10. The topological polar surface area (TPSA) is 38.9 Å². The molecule has 3 heteroatoms. The molecule has 0 unspecified atom stereocenters. The minimum atomic E-state index is -0.252. The molecular formula is C11H17FN2. The number of nitrogens with zero attached hydrogens (tertiary/aromatic N) is 1. The predicted molar refractivity (Wildman–Crippen MR) is 56.8 cm³/mol. The Labute approximate surface area is 84.3 Å². The Balaban J connectivity index is 3.24. The standard InChI is InChI=1S/C11H17FN2/c1-6(2)8-5-9(12)10(7(3)4)14-11(8)13/h5-7H,1-4H3,(H2,13,14). The molecule has 0 bridgehead atoms. The van der Waals surface area contributed by atoms with E-state index in [9.17, 15) is 4.39 Å². The summed E-state index contributed by atoms with van der Waals surface area (Å²) >= 11 is 0. The van der Waals surface area contributed by atoms with Crippen molar-refractivity contribution in [2.45, 2.75) is 39.5 Å². The maximum absolute atomic E-state index is 13.5. The number of nitrogen functional groups attached to an aromatic ring is 1. The molecule has 0 saturated carbocycles. The Morgan fingerprint density at radius 2 is 1.79 bits per heavy atom. The van der Waals surface area contributed by atoms with E-state index in [2.05, 4.69) is 4.98 Å². The molecule has 0 amide bonds. The molecule has 0 saturated heterocycles. The maximum Gasteiger partial charge on any atom is 0.145 e. The van der Waals surface area contributed by atoms with Crippen LogP contribution in [0.5, 0.6) is 0 Å². The van der Waals surface area contributed by atoms with Gasteiger partial charge in [0.1, 0.15) is 11.6 Å². The average Bonchev–Trinajstić information content (AvgIpc) is 2.07. The van der Waals surface area contributed by atoms with Gasteiger partial charge in [0.2, 0.25) is 0 Å². The van der Waals surface area contributed by atoms with Gasteiger partial charge in [-0.3, -0.25) is 0 Å². The Morgan fingerprint density at radius 1 is 1.21 bits per heavy atom. The van der Waals surface area contributed by atoms with Crippen molar-refractivity contribution in [1.29, 1.82) is 0 Å². The molecule has 2 N–H and O–H groups in total. The third-order valence-electron chi connectivity index (χ3n) is 2.23. The highest BCUT2D eigenvalue weighted by Gasteiger charge is 2.14. The van der Waals surface area contributed by atoms with E-state index in [0.717, 1.165) is 5.56 Å². The van der Waals surface area contributed by atoms with E-state index in [4.69, 9.17) is 5.73 Å². The minimum absolute atomic E-state index is 0.0681. The number of hydrogen-bond donors (Lipinski definition) is 1. The van der Waals surface area contributed by atoms with Crippen LogP contribution in [-0.2, 0) is 0 Å². The Bertz CT molecular complexity index is 299. The lowest BCUT2D eigenvalue weighted by molar-refractivity contribution is 0.581. The molecule has 2 nitrogen and oxygen atoms in total. The van der Waals surface area contributed by atoms with Gasteiger partial charge in [-0.15, -0.1) is 0 Å². The molecule has 0 aliphatic heterocycles. The molecule has 14 heavy (non-hydrogen) atoms. The molecule has 0 aliphatic rings. The van der Waals surface area contributed by atoms with Crippen molar-refractivity contribution >= 4 is 5.82 Å². The summed E-state index contributed by atoms with van der Waals surface area (Å²) in [5.74, 6) is 0.472. The molecule has 0 aliphatic carbocycles. The largest absolute Gasteiger partial charge is 0.383 e. The van der Waals surface area contributed by atoms with Gasteiger partial charge < -0.3 is 5.73 Å². The highest BCUT2D eigenvalue weighted by molar-refractivity contribution is 5.43. The van der Waals surface area contributed by atoms with Crippen molar-refractivity contribution in [3.8, 4) is 0 Å². The Morgan fingerprint density at radius 3 is 2.21 bits per heavy atom. The second-order valence-corrected chi connectivity index (χ2v) is 4.14. The summed E-state index contributed by atoms with van der Waals surface area (Å²) < 4.78 is 13.5. The first-order chi connectivity index (χ1) is 6.43.